The van der Waals surface area contributed by atoms with E-state index in [2.05, 4.69) is 10.3 Å². The van der Waals surface area contributed by atoms with Crippen LogP contribution in [-0.4, -0.2) is 23.3 Å². The van der Waals surface area contributed by atoms with Crippen molar-refractivity contribution in [3.8, 4) is 5.75 Å². The smallest absolute Gasteiger partial charge is 0.294 e. The van der Waals surface area contributed by atoms with Crippen LogP contribution in [0.1, 0.15) is 11.1 Å². The number of pyridine rings is 1. The van der Waals surface area contributed by atoms with Gasteiger partial charge in [0.25, 0.3) is 5.91 Å². The molecule has 0 unspecified atom stereocenters. The highest BCUT2D eigenvalue weighted by Crippen LogP contribution is 2.35. The summed E-state index contributed by atoms with van der Waals surface area (Å²) in [6.45, 7) is 0.199. The second-order valence-electron chi connectivity index (χ2n) is 6.66. The van der Waals surface area contributed by atoms with Gasteiger partial charge in [-0.25, -0.2) is 0 Å². The van der Waals surface area contributed by atoms with Crippen LogP contribution in [0.5, 0.6) is 5.75 Å². The number of rotatable bonds is 5. The Kier molecular flexibility index (Phi) is 5.77. The number of carbonyl (C=O) groups excluding carboxylic acids is 2. The lowest BCUT2D eigenvalue weighted by atomic mass is 10.1. The van der Waals surface area contributed by atoms with Gasteiger partial charge in [-0.2, -0.15) is 0 Å². The zero-order valence-corrected chi connectivity index (χ0v) is 16.7. The summed E-state index contributed by atoms with van der Waals surface area (Å²) >= 11 is 6.04. The first-order chi connectivity index (χ1) is 14.6. The molecule has 1 aliphatic rings. The number of nitrogens with one attached hydrogen (secondary N) is 1. The Morgan fingerprint density at radius 1 is 1.13 bits per heavy atom. The van der Waals surface area contributed by atoms with Crippen LogP contribution in [0.25, 0.3) is 6.08 Å². The van der Waals surface area contributed by atoms with Crippen molar-refractivity contribution in [2.75, 3.05) is 11.4 Å². The second kappa shape index (κ2) is 8.80. The minimum Gasteiger partial charge on any atom is -0.449 e. The van der Waals surface area contributed by atoms with Gasteiger partial charge in [0.1, 0.15) is 6.54 Å². The molecule has 1 N–H and O–H groups in total. The molecule has 0 bridgehead atoms. The Bertz CT molecular complexity index is 1120. The van der Waals surface area contributed by atoms with E-state index in [1.165, 1.54) is 4.90 Å². The van der Waals surface area contributed by atoms with Gasteiger partial charge in [-0.3, -0.25) is 19.5 Å². The number of hydrogen-bond acceptors (Lipinski definition) is 4. The third kappa shape index (κ3) is 4.50. The van der Waals surface area contributed by atoms with Crippen molar-refractivity contribution in [2.24, 2.45) is 0 Å². The van der Waals surface area contributed by atoms with Crippen LogP contribution in [0.4, 0.5) is 5.69 Å². The molecule has 0 saturated carbocycles. The number of aromatic nitrogens is 1. The molecule has 150 valence electrons. The van der Waals surface area contributed by atoms with Crippen molar-refractivity contribution in [1.82, 2.24) is 10.3 Å². The van der Waals surface area contributed by atoms with Crippen molar-refractivity contribution >= 4 is 35.2 Å². The van der Waals surface area contributed by atoms with Crippen LogP contribution in [-0.2, 0) is 16.1 Å². The topological polar surface area (TPSA) is 71.5 Å². The zero-order valence-electron chi connectivity index (χ0n) is 15.9. The Morgan fingerprint density at radius 3 is 2.80 bits per heavy atom. The maximum absolute atomic E-state index is 13.1. The van der Waals surface area contributed by atoms with E-state index < -0.39 is 5.91 Å². The number of nitrogens with zero attached hydrogens (tertiary/aromatic N) is 2. The Morgan fingerprint density at radius 2 is 2.00 bits per heavy atom. The molecule has 0 fully saturated rings. The maximum atomic E-state index is 13.1. The second-order valence-corrected chi connectivity index (χ2v) is 7.10. The van der Waals surface area contributed by atoms with Crippen molar-refractivity contribution in [3.05, 3.63) is 95.0 Å². The molecule has 3 aromatic rings. The molecule has 4 rings (SSSR count). The number of hydrogen-bond donors (Lipinski definition) is 1. The molecule has 0 aliphatic carbocycles. The minimum absolute atomic E-state index is 0.121. The van der Waals surface area contributed by atoms with Crippen molar-refractivity contribution in [1.29, 1.82) is 0 Å². The average Bonchev–Trinajstić information content (AvgIpc) is 2.76. The lowest BCUT2D eigenvalue weighted by molar-refractivity contribution is -0.123. The fourth-order valence-corrected chi connectivity index (χ4v) is 3.27. The van der Waals surface area contributed by atoms with Gasteiger partial charge in [0, 0.05) is 24.0 Å². The molecule has 1 aliphatic heterocycles. The van der Waals surface area contributed by atoms with Crippen LogP contribution in [0, 0.1) is 0 Å². The van der Waals surface area contributed by atoms with Crippen molar-refractivity contribution in [3.63, 3.8) is 0 Å². The Labute approximate surface area is 178 Å². The van der Waals surface area contributed by atoms with Crippen molar-refractivity contribution < 1.29 is 14.3 Å². The highest BCUT2D eigenvalue weighted by atomic mass is 35.5. The first kappa shape index (κ1) is 19.7. The van der Waals surface area contributed by atoms with E-state index in [0.717, 1.165) is 11.1 Å². The van der Waals surface area contributed by atoms with E-state index in [1.807, 2.05) is 18.2 Å². The van der Waals surface area contributed by atoms with Gasteiger partial charge in [0.05, 0.1) is 5.69 Å². The number of fused-ring (bicyclic) bond motifs is 1. The Hall–Kier alpha value is -3.64. The minimum atomic E-state index is -0.398. The molecule has 2 amide bonds. The molecule has 0 saturated heterocycles. The highest BCUT2D eigenvalue weighted by molar-refractivity contribution is 6.30. The molecule has 30 heavy (non-hydrogen) atoms. The van der Waals surface area contributed by atoms with E-state index in [1.54, 1.807) is 60.9 Å². The monoisotopic (exact) mass is 419 g/mol. The van der Waals surface area contributed by atoms with E-state index in [0.29, 0.717) is 23.0 Å². The van der Waals surface area contributed by atoms with E-state index >= 15 is 0 Å². The molecule has 0 spiro atoms. The molecular weight excluding hydrogens is 402 g/mol. The van der Waals surface area contributed by atoms with Gasteiger partial charge in [0.15, 0.2) is 11.5 Å². The molecule has 0 radical (unpaired) electrons. The summed E-state index contributed by atoms with van der Waals surface area (Å²) < 4.78 is 5.82. The predicted molar refractivity (Wildman–Crippen MR) is 115 cm³/mol. The maximum Gasteiger partial charge on any atom is 0.294 e. The summed E-state index contributed by atoms with van der Waals surface area (Å²) in [5.41, 5.74) is 2.15. The number of para-hydroxylation sites is 2. The standard InChI is InChI=1S/C23H18ClN3O3/c24-18-7-3-5-16(11-18)12-21-23(29)27(19-8-1-2-9-20(19)30-21)15-22(28)26-14-17-6-4-10-25-13-17/h1-13H,14-15H2,(H,26,28). The molecule has 2 aromatic carbocycles. The number of carbonyl (C=O) groups is 2. The SMILES string of the molecule is O=C(CN1C(=O)C(=Cc2cccc(Cl)c2)Oc2ccccc21)NCc1cccnc1. The van der Waals surface area contributed by atoms with E-state index in [-0.39, 0.29) is 18.2 Å². The van der Waals surface area contributed by atoms with Gasteiger partial charge in [-0.05, 0) is 47.5 Å². The summed E-state index contributed by atoms with van der Waals surface area (Å²) in [7, 11) is 0. The fraction of sp³-hybridized carbons (Fsp3) is 0.0870. The van der Waals surface area contributed by atoms with Gasteiger partial charge in [-0.1, -0.05) is 41.9 Å². The third-order valence-electron chi connectivity index (χ3n) is 4.49. The fourth-order valence-electron chi connectivity index (χ4n) is 3.07. The predicted octanol–water partition coefficient (Wildman–Crippen LogP) is 3.82. The van der Waals surface area contributed by atoms with Gasteiger partial charge in [0.2, 0.25) is 5.91 Å². The van der Waals surface area contributed by atoms with Gasteiger partial charge >= 0.3 is 0 Å². The molecule has 1 aromatic heterocycles. The first-order valence-electron chi connectivity index (χ1n) is 9.32. The lowest BCUT2D eigenvalue weighted by Crippen LogP contribution is -2.44. The first-order valence-corrected chi connectivity index (χ1v) is 9.69. The van der Waals surface area contributed by atoms with Gasteiger partial charge < -0.3 is 10.1 Å². The van der Waals surface area contributed by atoms with E-state index in [9.17, 15) is 9.59 Å². The molecule has 2 heterocycles. The number of anilines is 1. The summed E-state index contributed by atoms with van der Waals surface area (Å²) in [6.07, 6.45) is 4.97. The van der Waals surface area contributed by atoms with Crippen LogP contribution in [0.3, 0.4) is 0 Å². The normalized spacial score (nSPS) is 14.2. The number of benzene rings is 2. The number of amides is 2. The number of halogens is 1. The average molecular weight is 420 g/mol. The van der Waals surface area contributed by atoms with Gasteiger partial charge in [-0.15, -0.1) is 0 Å². The highest BCUT2D eigenvalue weighted by Gasteiger charge is 2.31. The summed E-state index contributed by atoms with van der Waals surface area (Å²) in [5, 5.41) is 3.37. The number of ether oxygens (including phenoxy) is 1. The molecule has 6 nitrogen and oxygen atoms in total. The van der Waals surface area contributed by atoms with Crippen LogP contribution in [0.15, 0.2) is 78.8 Å². The lowest BCUT2D eigenvalue weighted by Gasteiger charge is -2.30. The quantitative estimate of drug-likeness (QED) is 0.638. The third-order valence-corrected chi connectivity index (χ3v) is 4.73. The largest absolute Gasteiger partial charge is 0.449 e. The van der Waals surface area contributed by atoms with Crippen LogP contribution in [0.2, 0.25) is 5.02 Å². The van der Waals surface area contributed by atoms with E-state index in [4.69, 9.17) is 16.3 Å². The van der Waals surface area contributed by atoms with Crippen LogP contribution < -0.4 is 15.0 Å². The molecule has 7 heteroatoms. The molecular formula is C23H18ClN3O3. The van der Waals surface area contributed by atoms with Crippen molar-refractivity contribution in [2.45, 2.75) is 6.54 Å². The Balaban J connectivity index is 1.56. The summed E-state index contributed by atoms with van der Waals surface area (Å²) in [5.74, 6) is -0.0577. The summed E-state index contributed by atoms with van der Waals surface area (Å²) in [4.78, 5) is 31.1. The van der Waals surface area contributed by atoms with Crippen LogP contribution >= 0.6 is 11.6 Å². The molecule has 0 atom stereocenters. The zero-order chi connectivity index (χ0) is 20.9. The summed E-state index contributed by atoms with van der Waals surface area (Å²) in [6, 6.07) is 17.9.